The molecule has 2 aromatic rings. The summed E-state index contributed by atoms with van der Waals surface area (Å²) in [4.78, 5) is 4.40. The third-order valence-electron chi connectivity index (χ3n) is 3.13. The van der Waals surface area contributed by atoms with Gasteiger partial charge in [-0.1, -0.05) is 25.1 Å². The van der Waals surface area contributed by atoms with Crippen LogP contribution in [0.25, 0.3) is 0 Å². The van der Waals surface area contributed by atoms with E-state index in [1.54, 1.807) is 12.3 Å². The van der Waals surface area contributed by atoms with Gasteiger partial charge in [-0.25, -0.2) is 4.39 Å². The Morgan fingerprint density at radius 2 is 2.05 bits per heavy atom. The number of hydrogen-bond donors (Lipinski definition) is 1. The van der Waals surface area contributed by atoms with Gasteiger partial charge in [0.25, 0.3) is 0 Å². The summed E-state index contributed by atoms with van der Waals surface area (Å²) in [5, 5.41) is 3.37. The minimum atomic E-state index is -0.155. The number of nitrogens with one attached hydrogen (secondary N) is 1. The van der Waals surface area contributed by atoms with Gasteiger partial charge < -0.3 is 5.32 Å². The van der Waals surface area contributed by atoms with E-state index in [2.05, 4.69) is 10.3 Å². The summed E-state index contributed by atoms with van der Waals surface area (Å²) in [5.74, 6) is -0.155. The molecule has 0 spiro atoms. The van der Waals surface area contributed by atoms with Crippen LogP contribution in [0.15, 0.2) is 42.6 Å². The Morgan fingerprint density at radius 3 is 2.74 bits per heavy atom. The molecule has 1 atom stereocenters. The second-order valence-corrected chi connectivity index (χ2v) is 4.66. The highest BCUT2D eigenvalue weighted by Gasteiger charge is 2.14. The van der Waals surface area contributed by atoms with Crippen molar-refractivity contribution >= 4 is 0 Å². The van der Waals surface area contributed by atoms with Crippen LogP contribution < -0.4 is 5.32 Å². The highest BCUT2D eigenvalue weighted by Crippen LogP contribution is 2.19. The number of likely N-dealkylation sites (N-methyl/N-ethyl adjacent to an activating group) is 1. The molecule has 1 unspecified atom stereocenters. The number of nitrogens with zero attached hydrogens (tertiary/aromatic N) is 1. The van der Waals surface area contributed by atoms with E-state index in [1.807, 2.05) is 38.1 Å². The molecule has 0 bridgehead atoms. The molecule has 1 heterocycles. The van der Waals surface area contributed by atoms with Gasteiger partial charge in [0.2, 0.25) is 0 Å². The zero-order valence-electron chi connectivity index (χ0n) is 11.4. The van der Waals surface area contributed by atoms with E-state index in [0.717, 1.165) is 17.8 Å². The van der Waals surface area contributed by atoms with Crippen molar-refractivity contribution in [2.75, 3.05) is 6.54 Å². The largest absolute Gasteiger partial charge is 0.309 e. The summed E-state index contributed by atoms with van der Waals surface area (Å²) in [6.45, 7) is 4.91. The van der Waals surface area contributed by atoms with Crippen molar-refractivity contribution in [2.24, 2.45) is 0 Å². The van der Waals surface area contributed by atoms with Crippen molar-refractivity contribution in [3.63, 3.8) is 0 Å². The SMILES string of the molecule is CCNC(Cc1ccccc1F)c1cc(C)ccn1. The third kappa shape index (κ3) is 3.61. The minimum Gasteiger partial charge on any atom is -0.309 e. The van der Waals surface area contributed by atoms with Gasteiger partial charge in [-0.15, -0.1) is 0 Å². The van der Waals surface area contributed by atoms with Gasteiger partial charge in [-0.05, 0) is 49.2 Å². The first-order valence-electron chi connectivity index (χ1n) is 6.60. The van der Waals surface area contributed by atoms with E-state index in [9.17, 15) is 4.39 Å². The molecule has 0 aliphatic heterocycles. The molecule has 100 valence electrons. The number of pyridine rings is 1. The van der Waals surface area contributed by atoms with E-state index in [-0.39, 0.29) is 11.9 Å². The number of hydrogen-bond acceptors (Lipinski definition) is 2. The number of halogens is 1. The van der Waals surface area contributed by atoms with Gasteiger partial charge in [0.05, 0.1) is 11.7 Å². The first-order valence-corrected chi connectivity index (χ1v) is 6.60. The molecule has 19 heavy (non-hydrogen) atoms. The average molecular weight is 258 g/mol. The van der Waals surface area contributed by atoms with Crippen LogP contribution in [-0.2, 0) is 6.42 Å². The molecule has 0 saturated carbocycles. The highest BCUT2D eigenvalue weighted by molar-refractivity contribution is 5.23. The normalized spacial score (nSPS) is 12.4. The zero-order chi connectivity index (χ0) is 13.7. The van der Waals surface area contributed by atoms with E-state index in [4.69, 9.17) is 0 Å². The van der Waals surface area contributed by atoms with Gasteiger partial charge in [0.1, 0.15) is 5.82 Å². The smallest absolute Gasteiger partial charge is 0.126 e. The molecule has 0 amide bonds. The molecule has 0 saturated heterocycles. The topological polar surface area (TPSA) is 24.9 Å². The van der Waals surface area contributed by atoms with Crippen LogP contribution >= 0.6 is 0 Å². The summed E-state index contributed by atoms with van der Waals surface area (Å²) in [6, 6.07) is 11.0. The maximum atomic E-state index is 13.7. The van der Waals surface area contributed by atoms with Crippen molar-refractivity contribution < 1.29 is 4.39 Å². The molecule has 0 aliphatic carbocycles. The van der Waals surface area contributed by atoms with Crippen molar-refractivity contribution in [3.05, 3.63) is 65.2 Å². The Morgan fingerprint density at radius 1 is 1.26 bits per heavy atom. The molecule has 3 heteroatoms. The second kappa shape index (κ2) is 6.43. The van der Waals surface area contributed by atoms with Crippen LogP contribution in [0, 0.1) is 12.7 Å². The fourth-order valence-corrected chi connectivity index (χ4v) is 2.16. The average Bonchev–Trinajstić information content (AvgIpc) is 2.40. The maximum absolute atomic E-state index is 13.7. The number of aryl methyl sites for hydroxylation is 1. The number of rotatable bonds is 5. The van der Waals surface area contributed by atoms with Crippen molar-refractivity contribution in [1.82, 2.24) is 10.3 Å². The van der Waals surface area contributed by atoms with Crippen LogP contribution in [0.3, 0.4) is 0 Å². The summed E-state index contributed by atoms with van der Waals surface area (Å²) >= 11 is 0. The fourth-order valence-electron chi connectivity index (χ4n) is 2.16. The number of benzene rings is 1. The molecular formula is C16H19FN2. The lowest BCUT2D eigenvalue weighted by Crippen LogP contribution is -2.24. The molecule has 0 aliphatic rings. The van der Waals surface area contributed by atoms with Gasteiger partial charge in [-0.2, -0.15) is 0 Å². The van der Waals surface area contributed by atoms with Gasteiger partial charge >= 0.3 is 0 Å². The van der Waals surface area contributed by atoms with Crippen LogP contribution in [-0.4, -0.2) is 11.5 Å². The number of aromatic nitrogens is 1. The molecule has 1 N–H and O–H groups in total. The van der Waals surface area contributed by atoms with E-state index < -0.39 is 0 Å². The summed E-state index contributed by atoms with van der Waals surface area (Å²) < 4.78 is 13.7. The van der Waals surface area contributed by atoms with Crippen LogP contribution in [0.2, 0.25) is 0 Å². The lowest BCUT2D eigenvalue weighted by molar-refractivity contribution is 0.517. The standard InChI is InChI=1S/C16H19FN2/c1-3-18-16(15-10-12(2)8-9-19-15)11-13-6-4-5-7-14(13)17/h4-10,16,18H,3,11H2,1-2H3. The third-order valence-corrected chi connectivity index (χ3v) is 3.13. The fraction of sp³-hybridized carbons (Fsp3) is 0.312. The van der Waals surface area contributed by atoms with Crippen LogP contribution in [0.5, 0.6) is 0 Å². The summed E-state index contributed by atoms with van der Waals surface area (Å²) in [6.07, 6.45) is 2.41. The van der Waals surface area contributed by atoms with Crippen LogP contribution in [0.1, 0.15) is 29.8 Å². The first-order chi connectivity index (χ1) is 9.20. The van der Waals surface area contributed by atoms with Gasteiger partial charge in [-0.3, -0.25) is 4.98 Å². The lowest BCUT2D eigenvalue weighted by atomic mass is 10.0. The van der Waals surface area contributed by atoms with Crippen molar-refractivity contribution in [3.8, 4) is 0 Å². The quantitative estimate of drug-likeness (QED) is 0.888. The van der Waals surface area contributed by atoms with E-state index in [0.29, 0.717) is 6.42 Å². The van der Waals surface area contributed by atoms with Gasteiger partial charge in [0.15, 0.2) is 0 Å². The molecule has 1 aromatic heterocycles. The minimum absolute atomic E-state index is 0.0433. The lowest BCUT2D eigenvalue weighted by Gasteiger charge is -2.18. The maximum Gasteiger partial charge on any atom is 0.126 e. The molecule has 2 rings (SSSR count). The summed E-state index contributed by atoms with van der Waals surface area (Å²) in [5.41, 5.74) is 2.85. The van der Waals surface area contributed by atoms with Crippen LogP contribution in [0.4, 0.5) is 4.39 Å². The molecule has 1 aromatic carbocycles. The first kappa shape index (κ1) is 13.7. The van der Waals surface area contributed by atoms with Gasteiger partial charge in [0, 0.05) is 6.20 Å². The molecule has 0 fully saturated rings. The molecule has 2 nitrogen and oxygen atoms in total. The zero-order valence-corrected chi connectivity index (χ0v) is 11.4. The monoisotopic (exact) mass is 258 g/mol. The second-order valence-electron chi connectivity index (χ2n) is 4.66. The predicted molar refractivity (Wildman–Crippen MR) is 75.5 cm³/mol. The van der Waals surface area contributed by atoms with E-state index >= 15 is 0 Å². The Hall–Kier alpha value is -1.74. The molecular weight excluding hydrogens is 239 g/mol. The Bertz CT molecular complexity index is 540. The predicted octanol–water partition coefficient (Wildman–Crippen LogP) is 3.42. The highest BCUT2D eigenvalue weighted by atomic mass is 19.1. The Balaban J connectivity index is 2.24. The Labute approximate surface area is 113 Å². The summed E-state index contributed by atoms with van der Waals surface area (Å²) in [7, 11) is 0. The van der Waals surface area contributed by atoms with Crippen molar-refractivity contribution in [1.29, 1.82) is 0 Å². The van der Waals surface area contributed by atoms with E-state index in [1.165, 1.54) is 11.6 Å². The van der Waals surface area contributed by atoms with Crippen molar-refractivity contribution in [2.45, 2.75) is 26.3 Å². The Kier molecular flexibility index (Phi) is 4.63. The molecule has 0 radical (unpaired) electrons.